The Morgan fingerprint density at radius 2 is 1.77 bits per heavy atom. The molecule has 30 heavy (non-hydrogen) atoms. The summed E-state index contributed by atoms with van der Waals surface area (Å²) in [7, 11) is 0. The number of hydrogen-bond donors (Lipinski definition) is 1. The Morgan fingerprint density at radius 1 is 1.07 bits per heavy atom. The fraction of sp³-hybridized carbons (Fsp3) is 0.0909. The quantitative estimate of drug-likeness (QED) is 0.488. The van der Waals surface area contributed by atoms with E-state index in [1.807, 2.05) is 60.7 Å². The van der Waals surface area contributed by atoms with Crippen molar-refractivity contribution in [1.29, 1.82) is 0 Å². The molecule has 0 unspecified atom stereocenters. The predicted molar refractivity (Wildman–Crippen MR) is 122 cm³/mol. The first-order valence-electron chi connectivity index (χ1n) is 9.30. The van der Waals surface area contributed by atoms with Crippen LogP contribution in [0.3, 0.4) is 0 Å². The van der Waals surface area contributed by atoms with E-state index < -0.39 is 0 Å². The summed E-state index contributed by atoms with van der Waals surface area (Å²) < 4.78 is 1.36. The second-order valence-corrected chi connectivity index (χ2v) is 8.71. The molecular weight excluding hydrogens is 416 g/mol. The number of nitrogens with zero attached hydrogens (tertiary/aromatic N) is 3. The number of amides is 1. The van der Waals surface area contributed by atoms with Crippen LogP contribution in [0.15, 0.2) is 75.7 Å². The number of rotatable bonds is 3. The molecule has 0 fully saturated rings. The van der Waals surface area contributed by atoms with Gasteiger partial charge in [0.15, 0.2) is 5.16 Å². The van der Waals surface area contributed by atoms with Crippen molar-refractivity contribution in [2.24, 2.45) is 5.10 Å². The fourth-order valence-electron chi connectivity index (χ4n) is 3.32. The Balaban J connectivity index is 1.59. The number of fused-ring (bicyclic) bond motifs is 2. The van der Waals surface area contributed by atoms with Gasteiger partial charge in [-0.15, -0.1) is 11.3 Å². The van der Waals surface area contributed by atoms with Gasteiger partial charge >= 0.3 is 0 Å². The normalized spacial score (nSPS) is 13.0. The molecule has 2 aromatic heterocycles. The molecule has 148 valence electrons. The first kappa shape index (κ1) is 18.8. The van der Waals surface area contributed by atoms with Gasteiger partial charge in [-0.05, 0) is 30.2 Å². The molecular formula is C22H16N4O2S2. The molecule has 8 heteroatoms. The maximum absolute atomic E-state index is 13.2. The van der Waals surface area contributed by atoms with E-state index in [2.05, 4.69) is 15.4 Å². The number of benzene rings is 2. The van der Waals surface area contributed by atoms with Crippen molar-refractivity contribution in [1.82, 2.24) is 9.66 Å². The molecule has 3 heterocycles. The molecule has 0 aliphatic carbocycles. The maximum Gasteiger partial charge on any atom is 0.283 e. The summed E-state index contributed by atoms with van der Waals surface area (Å²) in [5.74, 6) is 0.387. The van der Waals surface area contributed by atoms with E-state index in [1.54, 1.807) is 6.92 Å². The van der Waals surface area contributed by atoms with Crippen LogP contribution < -0.4 is 10.9 Å². The molecule has 2 aromatic carbocycles. The van der Waals surface area contributed by atoms with Gasteiger partial charge in [-0.3, -0.25) is 9.59 Å². The number of thiophene rings is 1. The zero-order valence-electron chi connectivity index (χ0n) is 16.0. The zero-order chi connectivity index (χ0) is 20.7. The van der Waals surface area contributed by atoms with Crippen molar-refractivity contribution in [3.05, 3.63) is 87.0 Å². The first-order valence-corrected chi connectivity index (χ1v) is 11.1. The van der Waals surface area contributed by atoms with E-state index in [0.717, 1.165) is 11.3 Å². The van der Waals surface area contributed by atoms with Crippen LogP contribution in [0.1, 0.15) is 20.8 Å². The van der Waals surface area contributed by atoms with Crippen molar-refractivity contribution >= 4 is 50.6 Å². The standard InChI is InChI=1S/C22H16N4O2S2/c1-13-17-20(30-18(13)19(27)23-15-10-6-3-7-11-15)24-22-26(21(17)28)25-16(12-29-22)14-8-4-2-5-9-14/h2-11H,12H2,1H3,(H,23,27). The van der Waals surface area contributed by atoms with E-state index in [1.165, 1.54) is 27.8 Å². The van der Waals surface area contributed by atoms with Crippen molar-refractivity contribution in [3.63, 3.8) is 0 Å². The SMILES string of the molecule is Cc1c(C(=O)Nc2ccccc2)sc2nc3n(c(=O)c12)N=C(c1ccccc1)CS3. The number of aryl methyl sites for hydroxylation is 1. The minimum Gasteiger partial charge on any atom is -0.321 e. The number of aromatic nitrogens is 2. The van der Waals surface area contributed by atoms with Gasteiger partial charge in [0.1, 0.15) is 4.83 Å². The molecule has 4 aromatic rings. The molecule has 6 nitrogen and oxygen atoms in total. The Kier molecular flexibility index (Phi) is 4.72. The number of carbonyl (C=O) groups is 1. The van der Waals surface area contributed by atoms with Gasteiger partial charge in [0, 0.05) is 11.4 Å². The predicted octanol–water partition coefficient (Wildman–Crippen LogP) is 4.38. The van der Waals surface area contributed by atoms with Gasteiger partial charge in [-0.2, -0.15) is 9.78 Å². The Hall–Kier alpha value is -3.23. The molecule has 0 atom stereocenters. The van der Waals surface area contributed by atoms with Gasteiger partial charge in [0.05, 0.1) is 16.0 Å². The lowest BCUT2D eigenvalue weighted by Crippen LogP contribution is -2.25. The molecule has 0 radical (unpaired) electrons. The fourth-order valence-corrected chi connectivity index (χ4v) is 5.33. The van der Waals surface area contributed by atoms with Crippen LogP contribution in [-0.4, -0.2) is 27.0 Å². The van der Waals surface area contributed by atoms with Crippen LogP contribution in [0.2, 0.25) is 0 Å². The summed E-state index contributed by atoms with van der Waals surface area (Å²) in [5, 5.41) is 8.44. The Morgan fingerprint density at radius 3 is 2.50 bits per heavy atom. The van der Waals surface area contributed by atoms with E-state index in [4.69, 9.17) is 0 Å². The summed E-state index contributed by atoms with van der Waals surface area (Å²) in [6.45, 7) is 1.78. The third-order valence-electron chi connectivity index (χ3n) is 4.82. The second-order valence-electron chi connectivity index (χ2n) is 6.77. The lowest BCUT2D eigenvalue weighted by atomic mass is 10.1. The molecule has 0 saturated heterocycles. The van der Waals surface area contributed by atoms with Gasteiger partial charge in [0.25, 0.3) is 11.5 Å². The summed E-state index contributed by atoms with van der Waals surface area (Å²) >= 11 is 2.71. The molecule has 5 rings (SSSR count). The minimum atomic E-state index is -0.247. The summed E-state index contributed by atoms with van der Waals surface area (Å²) in [6, 6.07) is 19.0. The number of carbonyl (C=O) groups excluding carboxylic acids is 1. The van der Waals surface area contributed by atoms with E-state index >= 15 is 0 Å². The molecule has 0 saturated carbocycles. The van der Waals surface area contributed by atoms with Crippen molar-refractivity contribution in [2.75, 3.05) is 11.1 Å². The highest BCUT2D eigenvalue weighted by Crippen LogP contribution is 2.31. The highest BCUT2D eigenvalue weighted by atomic mass is 32.2. The van der Waals surface area contributed by atoms with Crippen LogP contribution >= 0.6 is 23.1 Å². The molecule has 0 bridgehead atoms. The Labute approximate surface area is 180 Å². The van der Waals surface area contributed by atoms with Gasteiger partial charge in [0.2, 0.25) is 0 Å². The first-order chi connectivity index (χ1) is 14.6. The summed E-state index contributed by atoms with van der Waals surface area (Å²) in [6.07, 6.45) is 0. The lowest BCUT2D eigenvalue weighted by molar-refractivity contribution is 0.103. The van der Waals surface area contributed by atoms with Crippen LogP contribution in [0.5, 0.6) is 0 Å². The van der Waals surface area contributed by atoms with Crippen molar-refractivity contribution in [3.8, 4) is 0 Å². The number of thioether (sulfide) groups is 1. The average molecular weight is 433 g/mol. The molecule has 1 aliphatic rings. The second kappa shape index (κ2) is 7.55. The van der Waals surface area contributed by atoms with Gasteiger partial charge in [-0.1, -0.05) is 60.3 Å². The van der Waals surface area contributed by atoms with Crippen molar-refractivity contribution < 1.29 is 4.79 Å². The zero-order valence-corrected chi connectivity index (χ0v) is 17.6. The number of anilines is 1. The monoisotopic (exact) mass is 432 g/mol. The third-order valence-corrected chi connectivity index (χ3v) is 6.94. The summed E-state index contributed by atoms with van der Waals surface area (Å²) in [5.41, 5.74) is 2.89. The number of nitrogens with one attached hydrogen (secondary N) is 1. The average Bonchev–Trinajstić information content (AvgIpc) is 3.11. The Bertz CT molecular complexity index is 1360. The van der Waals surface area contributed by atoms with E-state index in [0.29, 0.717) is 37.3 Å². The topological polar surface area (TPSA) is 76.3 Å². The molecule has 1 N–H and O–H groups in total. The van der Waals surface area contributed by atoms with E-state index in [9.17, 15) is 9.59 Å². The highest BCUT2D eigenvalue weighted by Gasteiger charge is 2.24. The van der Waals surface area contributed by atoms with Crippen LogP contribution in [-0.2, 0) is 0 Å². The highest BCUT2D eigenvalue weighted by molar-refractivity contribution is 7.99. The van der Waals surface area contributed by atoms with Crippen LogP contribution in [0.25, 0.3) is 10.2 Å². The largest absolute Gasteiger partial charge is 0.321 e. The van der Waals surface area contributed by atoms with E-state index in [-0.39, 0.29) is 11.5 Å². The number of para-hydroxylation sites is 1. The van der Waals surface area contributed by atoms with Crippen LogP contribution in [0, 0.1) is 6.92 Å². The summed E-state index contributed by atoms with van der Waals surface area (Å²) in [4.78, 5) is 31.7. The third kappa shape index (κ3) is 3.24. The minimum absolute atomic E-state index is 0.245. The molecule has 1 aliphatic heterocycles. The lowest BCUT2D eigenvalue weighted by Gasteiger charge is -2.15. The number of hydrogen-bond acceptors (Lipinski definition) is 6. The van der Waals surface area contributed by atoms with Gasteiger partial charge < -0.3 is 5.32 Å². The molecule has 0 spiro atoms. The van der Waals surface area contributed by atoms with Crippen LogP contribution in [0.4, 0.5) is 5.69 Å². The van der Waals surface area contributed by atoms with Crippen molar-refractivity contribution in [2.45, 2.75) is 12.1 Å². The molecule has 1 amide bonds. The maximum atomic E-state index is 13.2. The van der Waals surface area contributed by atoms with Gasteiger partial charge in [-0.25, -0.2) is 4.98 Å². The smallest absolute Gasteiger partial charge is 0.283 e.